The Labute approximate surface area is 169 Å². The lowest BCUT2D eigenvalue weighted by molar-refractivity contribution is -0.129. The maximum Gasteiger partial charge on any atom is 0.233 e. The van der Waals surface area contributed by atoms with Gasteiger partial charge >= 0.3 is 0 Å². The molecule has 1 atom stereocenters. The van der Waals surface area contributed by atoms with Crippen molar-refractivity contribution in [3.63, 3.8) is 0 Å². The van der Waals surface area contributed by atoms with Crippen LogP contribution < -0.4 is 0 Å². The van der Waals surface area contributed by atoms with Gasteiger partial charge in [0.1, 0.15) is 0 Å². The van der Waals surface area contributed by atoms with Crippen LogP contribution in [-0.4, -0.2) is 68.8 Å². The smallest absolute Gasteiger partial charge is 0.233 e. The Morgan fingerprint density at radius 1 is 1.29 bits per heavy atom. The quantitative estimate of drug-likeness (QED) is 0.598. The number of sulfone groups is 1. The van der Waals surface area contributed by atoms with Crippen LogP contribution in [0.4, 0.5) is 0 Å². The second-order valence-corrected chi connectivity index (χ2v) is 9.89. The van der Waals surface area contributed by atoms with Crippen molar-refractivity contribution in [1.82, 2.24) is 24.6 Å². The molecular weight excluding hydrogens is 398 g/mol. The highest BCUT2D eigenvalue weighted by Crippen LogP contribution is 2.25. The fourth-order valence-electron chi connectivity index (χ4n) is 3.40. The van der Waals surface area contributed by atoms with Crippen molar-refractivity contribution in [2.75, 3.05) is 23.8 Å². The maximum absolute atomic E-state index is 12.7. The molecule has 1 fully saturated rings. The third-order valence-electron chi connectivity index (χ3n) is 4.74. The van der Waals surface area contributed by atoms with Gasteiger partial charge < -0.3 is 9.47 Å². The summed E-state index contributed by atoms with van der Waals surface area (Å²) in [4.78, 5) is 18.5. The molecule has 0 spiro atoms. The first-order valence-electron chi connectivity index (χ1n) is 9.41. The minimum atomic E-state index is -3.02. The minimum Gasteiger partial charge on any atom is -0.338 e. The molecule has 0 saturated carbocycles. The number of hydrogen-bond donors (Lipinski definition) is 0. The average molecular weight is 424 g/mol. The molecule has 0 N–H and O–H groups in total. The number of nitrogens with zero attached hydrogens (tertiary/aromatic N) is 5. The van der Waals surface area contributed by atoms with Crippen LogP contribution in [0.25, 0.3) is 11.4 Å². The Hall–Kier alpha value is -1.94. The fourth-order valence-corrected chi connectivity index (χ4v) is 5.99. The second-order valence-electron chi connectivity index (χ2n) is 6.72. The van der Waals surface area contributed by atoms with E-state index in [0.717, 1.165) is 24.4 Å². The predicted molar refractivity (Wildman–Crippen MR) is 109 cm³/mol. The monoisotopic (exact) mass is 423 g/mol. The highest BCUT2D eigenvalue weighted by Gasteiger charge is 2.33. The average Bonchev–Trinajstić information content (AvgIpc) is 3.24. The Kier molecular flexibility index (Phi) is 6.71. The Balaban J connectivity index is 1.71. The van der Waals surface area contributed by atoms with Gasteiger partial charge in [-0.1, -0.05) is 18.7 Å². The van der Waals surface area contributed by atoms with Gasteiger partial charge in [-0.05, 0) is 31.9 Å². The number of carbonyl (C=O) groups is 1. The molecule has 28 heavy (non-hydrogen) atoms. The van der Waals surface area contributed by atoms with Crippen LogP contribution in [0.2, 0.25) is 0 Å². The fraction of sp³-hybridized carbons (Fsp3) is 0.556. The molecule has 1 aliphatic rings. The SMILES string of the molecule is CCCn1c(SCC(=O)N(CC)C2CCS(=O)(=O)C2)nnc1-c1ccncc1. The number of pyridine rings is 1. The first kappa shape index (κ1) is 20.8. The van der Waals surface area contributed by atoms with Gasteiger partial charge in [0, 0.05) is 37.1 Å². The molecule has 1 unspecified atom stereocenters. The summed E-state index contributed by atoms with van der Waals surface area (Å²) < 4.78 is 25.5. The molecule has 0 aliphatic carbocycles. The molecular formula is C18H25N5O3S2. The highest BCUT2D eigenvalue weighted by atomic mass is 32.2. The van der Waals surface area contributed by atoms with E-state index >= 15 is 0 Å². The summed E-state index contributed by atoms with van der Waals surface area (Å²) in [5.74, 6) is 1.13. The highest BCUT2D eigenvalue weighted by molar-refractivity contribution is 7.99. The van der Waals surface area contributed by atoms with E-state index < -0.39 is 9.84 Å². The van der Waals surface area contributed by atoms with E-state index in [2.05, 4.69) is 22.1 Å². The van der Waals surface area contributed by atoms with Crippen LogP contribution in [0.15, 0.2) is 29.7 Å². The van der Waals surface area contributed by atoms with Crippen molar-refractivity contribution in [1.29, 1.82) is 0 Å². The third-order valence-corrected chi connectivity index (χ3v) is 7.44. The van der Waals surface area contributed by atoms with Crippen LogP contribution in [0.5, 0.6) is 0 Å². The summed E-state index contributed by atoms with van der Waals surface area (Å²) in [7, 11) is -3.02. The Bertz CT molecular complexity index is 915. The zero-order chi connectivity index (χ0) is 20.1. The first-order valence-corrected chi connectivity index (χ1v) is 12.2. The van der Waals surface area contributed by atoms with E-state index in [9.17, 15) is 13.2 Å². The van der Waals surface area contributed by atoms with E-state index in [-0.39, 0.29) is 29.2 Å². The summed E-state index contributed by atoms with van der Waals surface area (Å²) in [6, 6.07) is 3.55. The van der Waals surface area contributed by atoms with Gasteiger partial charge in [0.2, 0.25) is 5.91 Å². The normalized spacial score (nSPS) is 18.3. The maximum atomic E-state index is 12.7. The van der Waals surface area contributed by atoms with Gasteiger partial charge in [0.15, 0.2) is 20.8 Å². The molecule has 0 radical (unpaired) electrons. The lowest BCUT2D eigenvalue weighted by atomic mass is 10.2. The van der Waals surface area contributed by atoms with Crippen molar-refractivity contribution in [2.45, 2.75) is 44.4 Å². The molecule has 2 aromatic heterocycles. The molecule has 1 saturated heterocycles. The van der Waals surface area contributed by atoms with Gasteiger partial charge in [-0.15, -0.1) is 10.2 Å². The van der Waals surface area contributed by atoms with Gasteiger partial charge in [-0.25, -0.2) is 8.42 Å². The zero-order valence-electron chi connectivity index (χ0n) is 16.1. The van der Waals surface area contributed by atoms with Crippen LogP contribution >= 0.6 is 11.8 Å². The van der Waals surface area contributed by atoms with Crippen LogP contribution in [0.1, 0.15) is 26.7 Å². The van der Waals surface area contributed by atoms with Crippen LogP contribution in [-0.2, 0) is 21.2 Å². The number of thioether (sulfide) groups is 1. The van der Waals surface area contributed by atoms with Crippen molar-refractivity contribution in [3.8, 4) is 11.4 Å². The number of rotatable bonds is 8. The second kappa shape index (κ2) is 9.04. The summed E-state index contributed by atoms with van der Waals surface area (Å²) in [6.45, 7) is 5.22. The number of aromatic nitrogens is 4. The summed E-state index contributed by atoms with van der Waals surface area (Å²) >= 11 is 1.35. The molecule has 2 aromatic rings. The van der Waals surface area contributed by atoms with E-state index in [1.54, 1.807) is 17.3 Å². The molecule has 152 valence electrons. The van der Waals surface area contributed by atoms with E-state index in [0.29, 0.717) is 18.1 Å². The van der Waals surface area contributed by atoms with Crippen LogP contribution in [0, 0.1) is 0 Å². The topological polar surface area (TPSA) is 98.1 Å². The zero-order valence-corrected chi connectivity index (χ0v) is 17.7. The van der Waals surface area contributed by atoms with Crippen molar-refractivity contribution < 1.29 is 13.2 Å². The molecule has 3 heterocycles. The third kappa shape index (κ3) is 4.72. The Morgan fingerprint density at radius 3 is 2.64 bits per heavy atom. The molecule has 8 nitrogen and oxygen atoms in total. The summed E-state index contributed by atoms with van der Waals surface area (Å²) in [5, 5.41) is 9.27. The summed E-state index contributed by atoms with van der Waals surface area (Å²) in [5.41, 5.74) is 0.931. The van der Waals surface area contributed by atoms with Crippen molar-refractivity contribution in [3.05, 3.63) is 24.5 Å². The molecule has 10 heteroatoms. The standard InChI is InChI=1S/C18H25N5O3S2/c1-3-10-23-17(14-5-8-19-9-6-14)20-21-18(23)27-12-16(24)22(4-2)15-7-11-28(25,26)13-15/h5-6,8-9,15H,3-4,7,10-13H2,1-2H3. The minimum absolute atomic E-state index is 0.0638. The van der Waals surface area contributed by atoms with Gasteiger partial charge in [0.05, 0.1) is 17.3 Å². The number of amides is 1. The van der Waals surface area contributed by atoms with Gasteiger partial charge in [-0.2, -0.15) is 0 Å². The summed E-state index contributed by atoms with van der Waals surface area (Å²) in [6.07, 6.45) is 4.86. The largest absolute Gasteiger partial charge is 0.338 e. The van der Waals surface area contributed by atoms with Crippen molar-refractivity contribution in [2.24, 2.45) is 0 Å². The van der Waals surface area contributed by atoms with Crippen LogP contribution in [0.3, 0.4) is 0 Å². The van der Waals surface area contributed by atoms with E-state index in [1.165, 1.54) is 11.8 Å². The lowest BCUT2D eigenvalue weighted by Crippen LogP contribution is -2.42. The molecule has 3 rings (SSSR count). The lowest BCUT2D eigenvalue weighted by Gasteiger charge is -2.26. The van der Waals surface area contributed by atoms with Crippen molar-refractivity contribution >= 4 is 27.5 Å². The number of hydrogen-bond acceptors (Lipinski definition) is 7. The predicted octanol–water partition coefficient (Wildman–Crippen LogP) is 1.88. The van der Waals surface area contributed by atoms with Gasteiger partial charge in [0.25, 0.3) is 0 Å². The van der Waals surface area contributed by atoms with E-state index in [1.807, 2.05) is 23.6 Å². The molecule has 1 aliphatic heterocycles. The molecule has 0 aromatic carbocycles. The molecule has 1 amide bonds. The number of carbonyl (C=O) groups excluding carboxylic acids is 1. The Morgan fingerprint density at radius 2 is 2.04 bits per heavy atom. The first-order chi connectivity index (χ1) is 13.4. The van der Waals surface area contributed by atoms with Gasteiger partial charge in [-0.3, -0.25) is 9.78 Å². The van der Waals surface area contributed by atoms with E-state index in [4.69, 9.17) is 0 Å². The molecule has 0 bridgehead atoms.